The smallest absolute Gasteiger partial charge is 0.305 e. The van der Waals surface area contributed by atoms with Crippen molar-refractivity contribution < 1.29 is 9.53 Å². The molecule has 0 radical (unpaired) electrons. The summed E-state index contributed by atoms with van der Waals surface area (Å²) in [5, 5.41) is 2.07. The molecule has 16 heavy (non-hydrogen) atoms. The van der Waals surface area contributed by atoms with Gasteiger partial charge in [0.1, 0.15) is 0 Å². The Balaban J connectivity index is 2.24. The molecule has 0 N–H and O–H groups in total. The monoisotopic (exact) mass is 305 g/mol. The molecule has 0 saturated carbocycles. The van der Waals surface area contributed by atoms with Crippen LogP contribution in [0.4, 0.5) is 0 Å². The van der Waals surface area contributed by atoms with Crippen LogP contribution in [0.25, 0.3) is 0 Å². The van der Waals surface area contributed by atoms with Crippen molar-refractivity contribution in [3.8, 4) is 0 Å². The number of methoxy groups -OCH3 is 1. The van der Waals surface area contributed by atoms with Crippen molar-refractivity contribution >= 4 is 33.2 Å². The number of rotatable bonds is 6. The van der Waals surface area contributed by atoms with Gasteiger partial charge >= 0.3 is 5.97 Å². The van der Waals surface area contributed by atoms with E-state index in [4.69, 9.17) is 0 Å². The fourth-order valence-corrected chi connectivity index (χ4v) is 2.91. The number of carbonyl (C=O) groups is 1. The van der Waals surface area contributed by atoms with Crippen LogP contribution >= 0.6 is 27.3 Å². The van der Waals surface area contributed by atoms with E-state index in [2.05, 4.69) is 44.1 Å². The Hall–Kier alpha value is -0.390. The minimum absolute atomic E-state index is 0.134. The number of carbonyl (C=O) groups excluding carboxylic acids is 1. The lowest BCUT2D eigenvalue weighted by atomic mass is 10.3. The molecule has 0 amide bonds. The standard InChI is InChI=1S/C11H16BrNO2S/c1-13(6-3-4-11(14)15-2)8-10-9(12)5-7-16-10/h5,7H,3-4,6,8H2,1-2H3. The molecule has 1 heterocycles. The summed E-state index contributed by atoms with van der Waals surface area (Å²) in [6.07, 6.45) is 1.33. The molecule has 1 rings (SSSR count). The summed E-state index contributed by atoms with van der Waals surface area (Å²) >= 11 is 5.25. The molecule has 90 valence electrons. The van der Waals surface area contributed by atoms with Gasteiger partial charge in [-0.25, -0.2) is 0 Å². The van der Waals surface area contributed by atoms with E-state index in [1.165, 1.54) is 12.0 Å². The summed E-state index contributed by atoms with van der Waals surface area (Å²) in [5.41, 5.74) is 0. The van der Waals surface area contributed by atoms with E-state index in [9.17, 15) is 4.79 Å². The van der Waals surface area contributed by atoms with Crippen LogP contribution in [0.15, 0.2) is 15.9 Å². The predicted molar refractivity (Wildman–Crippen MR) is 69.6 cm³/mol. The quantitative estimate of drug-likeness (QED) is 0.757. The fraction of sp³-hybridized carbons (Fsp3) is 0.545. The first-order valence-corrected chi connectivity index (χ1v) is 6.78. The van der Waals surface area contributed by atoms with E-state index in [1.807, 2.05) is 0 Å². The minimum Gasteiger partial charge on any atom is -0.469 e. The first-order valence-electron chi connectivity index (χ1n) is 5.10. The lowest BCUT2D eigenvalue weighted by Crippen LogP contribution is -2.19. The topological polar surface area (TPSA) is 29.5 Å². The third-order valence-electron chi connectivity index (χ3n) is 2.25. The number of esters is 1. The van der Waals surface area contributed by atoms with Crippen molar-refractivity contribution in [3.05, 3.63) is 20.8 Å². The van der Waals surface area contributed by atoms with Gasteiger partial charge in [-0.2, -0.15) is 0 Å². The van der Waals surface area contributed by atoms with Crippen molar-refractivity contribution in [1.29, 1.82) is 0 Å². The van der Waals surface area contributed by atoms with Crippen LogP contribution in [0.2, 0.25) is 0 Å². The lowest BCUT2D eigenvalue weighted by molar-refractivity contribution is -0.140. The average molecular weight is 306 g/mol. The molecule has 0 bridgehead atoms. The molecule has 0 aliphatic carbocycles. The molecule has 0 fully saturated rings. The van der Waals surface area contributed by atoms with Crippen LogP contribution in [-0.4, -0.2) is 31.6 Å². The zero-order chi connectivity index (χ0) is 12.0. The zero-order valence-corrected chi connectivity index (χ0v) is 11.9. The van der Waals surface area contributed by atoms with Gasteiger partial charge < -0.3 is 9.64 Å². The largest absolute Gasteiger partial charge is 0.469 e. The SMILES string of the molecule is COC(=O)CCCN(C)Cc1sccc1Br. The normalized spacial score (nSPS) is 10.8. The van der Waals surface area contributed by atoms with E-state index < -0.39 is 0 Å². The van der Waals surface area contributed by atoms with Crippen LogP contribution < -0.4 is 0 Å². The second kappa shape index (κ2) is 7.04. The first kappa shape index (κ1) is 13.7. The number of hydrogen-bond donors (Lipinski definition) is 0. The van der Waals surface area contributed by atoms with Crippen molar-refractivity contribution in [2.75, 3.05) is 20.7 Å². The average Bonchev–Trinajstić information content (AvgIpc) is 2.64. The van der Waals surface area contributed by atoms with Crippen molar-refractivity contribution in [3.63, 3.8) is 0 Å². The Labute approximate surface area is 109 Å². The van der Waals surface area contributed by atoms with Gasteiger partial charge in [-0.05, 0) is 47.4 Å². The molecule has 0 aliphatic rings. The first-order chi connectivity index (χ1) is 7.63. The Morgan fingerprint density at radius 1 is 1.62 bits per heavy atom. The van der Waals surface area contributed by atoms with Gasteiger partial charge in [0.25, 0.3) is 0 Å². The maximum absolute atomic E-state index is 10.9. The fourth-order valence-electron chi connectivity index (χ4n) is 1.36. The third kappa shape index (κ3) is 4.63. The minimum atomic E-state index is -0.134. The highest BCUT2D eigenvalue weighted by molar-refractivity contribution is 9.10. The van der Waals surface area contributed by atoms with Gasteiger partial charge in [0, 0.05) is 22.3 Å². The zero-order valence-electron chi connectivity index (χ0n) is 9.53. The van der Waals surface area contributed by atoms with E-state index in [1.54, 1.807) is 11.3 Å². The van der Waals surface area contributed by atoms with Crippen LogP contribution in [0.3, 0.4) is 0 Å². The second-order valence-electron chi connectivity index (χ2n) is 3.61. The van der Waals surface area contributed by atoms with E-state index >= 15 is 0 Å². The van der Waals surface area contributed by atoms with Crippen molar-refractivity contribution in [2.45, 2.75) is 19.4 Å². The number of nitrogens with zero attached hydrogens (tertiary/aromatic N) is 1. The van der Waals surface area contributed by atoms with Gasteiger partial charge in [-0.1, -0.05) is 0 Å². The lowest BCUT2D eigenvalue weighted by Gasteiger charge is -2.15. The Bertz CT molecular complexity index is 340. The van der Waals surface area contributed by atoms with Crippen LogP contribution in [0, 0.1) is 0 Å². The second-order valence-corrected chi connectivity index (χ2v) is 5.46. The van der Waals surface area contributed by atoms with Gasteiger partial charge in [0.2, 0.25) is 0 Å². The van der Waals surface area contributed by atoms with E-state index in [0.717, 1.165) is 24.0 Å². The van der Waals surface area contributed by atoms with Gasteiger partial charge in [-0.3, -0.25) is 4.79 Å². The molecule has 0 saturated heterocycles. The highest BCUT2D eigenvalue weighted by Crippen LogP contribution is 2.23. The molecular formula is C11H16BrNO2S. The van der Waals surface area contributed by atoms with E-state index in [0.29, 0.717) is 6.42 Å². The molecular weight excluding hydrogens is 290 g/mol. The summed E-state index contributed by atoms with van der Waals surface area (Å²) in [4.78, 5) is 14.4. The Kier molecular flexibility index (Phi) is 6.01. The van der Waals surface area contributed by atoms with Crippen LogP contribution in [0.1, 0.15) is 17.7 Å². The maximum Gasteiger partial charge on any atom is 0.305 e. The molecule has 0 spiro atoms. The van der Waals surface area contributed by atoms with Crippen LogP contribution in [0.5, 0.6) is 0 Å². The number of hydrogen-bond acceptors (Lipinski definition) is 4. The van der Waals surface area contributed by atoms with Crippen molar-refractivity contribution in [1.82, 2.24) is 4.90 Å². The predicted octanol–water partition coefficient (Wildman–Crippen LogP) is 2.90. The maximum atomic E-state index is 10.9. The molecule has 0 aromatic carbocycles. The Morgan fingerprint density at radius 3 is 2.94 bits per heavy atom. The molecule has 0 aliphatic heterocycles. The highest BCUT2D eigenvalue weighted by atomic mass is 79.9. The number of thiophene rings is 1. The van der Waals surface area contributed by atoms with Gasteiger partial charge in [-0.15, -0.1) is 11.3 Å². The molecule has 1 aromatic heterocycles. The summed E-state index contributed by atoms with van der Waals surface area (Å²) in [6.45, 7) is 1.82. The third-order valence-corrected chi connectivity index (χ3v) is 4.16. The summed E-state index contributed by atoms with van der Waals surface area (Å²) in [5.74, 6) is -0.134. The summed E-state index contributed by atoms with van der Waals surface area (Å²) in [6, 6.07) is 2.06. The van der Waals surface area contributed by atoms with E-state index in [-0.39, 0.29) is 5.97 Å². The molecule has 3 nitrogen and oxygen atoms in total. The molecule has 0 atom stereocenters. The van der Waals surface area contributed by atoms with Crippen LogP contribution in [-0.2, 0) is 16.1 Å². The molecule has 1 aromatic rings. The Morgan fingerprint density at radius 2 is 2.38 bits per heavy atom. The summed E-state index contributed by atoms with van der Waals surface area (Å²) in [7, 11) is 3.48. The van der Waals surface area contributed by atoms with Crippen molar-refractivity contribution in [2.24, 2.45) is 0 Å². The highest BCUT2D eigenvalue weighted by Gasteiger charge is 2.06. The summed E-state index contributed by atoms with van der Waals surface area (Å²) < 4.78 is 5.76. The number of ether oxygens (including phenoxy) is 1. The van der Waals surface area contributed by atoms with Gasteiger partial charge in [0.15, 0.2) is 0 Å². The number of halogens is 1. The molecule has 5 heteroatoms. The molecule has 0 unspecified atom stereocenters. The van der Waals surface area contributed by atoms with Gasteiger partial charge in [0.05, 0.1) is 7.11 Å².